The molecular formula is C66H45N3. The van der Waals surface area contributed by atoms with E-state index in [4.69, 9.17) is 0 Å². The van der Waals surface area contributed by atoms with E-state index in [1.54, 1.807) is 0 Å². The Morgan fingerprint density at radius 3 is 1.35 bits per heavy atom. The van der Waals surface area contributed by atoms with Crippen LogP contribution in [-0.4, -0.2) is 4.57 Å². The summed E-state index contributed by atoms with van der Waals surface area (Å²) in [5.74, 6) is 0. The minimum Gasteiger partial charge on any atom is -0.309 e. The summed E-state index contributed by atoms with van der Waals surface area (Å²) in [5, 5.41) is 9.35. The summed E-state index contributed by atoms with van der Waals surface area (Å²) in [5.41, 5.74) is 14.7. The van der Waals surface area contributed by atoms with Crippen LogP contribution in [0.2, 0.25) is 0 Å². The largest absolute Gasteiger partial charge is 0.309 e. The number of aromatic nitrogens is 1. The molecule has 0 aliphatic carbocycles. The summed E-state index contributed by atoms with van der Waals surface area (Å²) in [6, 6.07) is 99.5. The van der Waals surface area contributed by atoms with E-state index >= 15 is 0 Å². The average Bonchev–Trinajstić information content (AvgIpc) is 3.76. The van der Waals surface area contributed by atoms with E-state index in [0.29, 0.717) is 0 Å². The van der Waals surface area contributed by atoms with Crippen molar-refractivity contribution >= 4 is 88.2 Å². The highest BCUT2D eigenvalue weighted by atomic mass is 15.2. The van der Waals surface area contributed by atoms with Crippen molar-refractivity contribution in [3.8, 4) is 27.9 Å². The molecule has 1 heterocycles. The summed E-state index contributed by atoms with van der Waals surface area (Å²) in [6.45, 7) is 0. The zero-order valence-electron chi connectivity index (χ0n) is 37.8. The smallest absolute Gasteiger partial charge is 0.0620 e. The van der Waals surface area contributed by atoms with Gasteiger partial charge in [0.15, 0.2) is 0 Å². The van der Waals surface area contributed by atoms with Crippen LogP contribution in [0.4, 0.5) is 34.1 Å². The Balaban J connectivity index is 1.19. The van der Waals surface area contributed by atoms with Crippen LogP contribution in [0.3, 0.4) is 0 Å². The lowest BCUT2D eigenvalue weighted by atomic mass is 9.91. The minimum absolute atomic E-state index is 1.07. The van der Waals surface area contributed by atoms with Gasteiger partial charge >= 0.3 is 0 Å². The van der Waals surface area contributed by atoms with Crippen molar-refractivity contribution in [2.45, 2.75) is 0 Å². The third kappa shape index (κ3) is 6.91. The Morgan fingerprint density at radius 1 is 0.246 bits per heavy atom. The first-order chi connectivity index (χ1) is 34.3. The highest BCUT2D eigenvalue weighted by Gasteiger charge is 2.28. The average molecular weight is 880 g/mol. The van der Waals surface area contributed by atoms with Crippen molar-refractivity contribution in [3.05, 3.63) is 273 Å². The fraction of sp³-hybridized carbons (Fsp3) is 0. The quantitative estimate of drug-likeness (QED) is 0.106. The summed E-state index contributed by atoms with van der Waals surface area (Å²) < 4.78 is 2.39. The number of hydrogen-bond acceptors (Lipinski definition) is 2. The molecule has 0 saturated carbocycles. The van der Waals surface area contributed by atoms with Gasteiger partial charge in [-0.25, -0.2) is 0 Å². The number of rotatable bonds is 9. The third-order valence-corrected chi connectivity index (χ3v) is 13.7. The number of anilines is 6. The second kappa shape index (κ2) is 16.9. The molecule has 0 unspecified atom stereocenters. The van der Waals surface area contributed by atoms with Gasteiger partial charge in [-0.1, -0.05) is 194 Å². The summed E-state index contributed by atoms with van der Waals surface area (Å²) in [7, 11) is 0. The molecule has 69 heavy (non-hydrogen) atoms. The van der Waals surface area contributed by atoms with E-state index in [-0.39, 0.29) is 0 Å². The monoisotopic (exact) mass is 879 g/mol. The van der Waals surface area contributed by atoms with E-state index in [2.05, 4.69) is 287 Å². The van der Waals surface area contributed by atoms with Gasteiger partial charge in [0.05, 0.1) is 28.1 Å². The van der Waals surface area contributed by atoms with Crippen LogP contribution in [0, 0.1) is 0 Å². The molecule has 1 aromatic heterocycles. The molecule has 3 nitrogen and oxygen atoms in total. The van der Waals surface area contributed by atoms with Gasteiger partial charge in [-0.3, -0.25) is 0 Å². The Hall–Kier alpha value is -9.18. The maximum absolute atomic E-state index is 2.51. The van der Waals surface area contributed by atoms with E-state index < -0.39 is 0 Å². The van der Waals surface area contributed by atoms with Gasteiger partial charge in [0, 0.05) is 60.5 Å². The first-order valence-corrected chi connectivity index (χ1v) is 23.7. The molecule has 0 amide bonds. The SMILES string of the molecule is c1ccc(-c2ccc3c(N(c4ccccc4)c4cccc5ccccc45)c4cc(-c5ccccc5)ccc4c(N(c4ccccc4)c4ccc5c(c4)c4ccccc4n5-c4ccccc4)c3c2)cc1. The Labute approximate surface area is 401 Å². The summed E-state index contributed by atoms with van der Waals surface area (Å²) in [6.07, 6.45) is 0. The molecule has 0 aliphatic heterocycles. The molecule has 324 valence electrons. The Kier molecular flexibility index (Phi) is 9.84. The number of nitrogens with zero attached hydrogens (tertiary/aromatic N) is 3. The predicted octanol–water partition coefficient (Wildman–Crippen LogP) is 18.5. The van der Waals surface area contributed by atoms with Crippen molar-refractivity contribution in [2.24, 2.45) is 0 Å². The van der Waals surface area contributed by atoms with Crippen molar-refractivity contribution in [2.75, 3.05) is 9.80 Å². The molecule has 0 radical (unpaired) electrons. The molecule has 13 aromatic rings. The predicted molar refractivity (Wildman–Crippen MR) is 294 cm³/mol. The van der Waals surface area contributed by atoms with E-state index in [0.717, 1.165) is 78.0 Å². The van der Waals surface area contributed by atoms with Gasteiger partial charge in [0.2, 0.25) is 0 Å². The van der Waals surface area contributed by atoms with Crippen LogP contribution in [0.15, 0.2) is 273 Å². The molecule has 0 atom stereocenters. The molecule has 0 fully saturated rings. The van der Waals surface area contributed by atoms with Crippen LogP contribution in [-0.2, 0) is 0 Å². The molecule has 0 N–H and O–H groups in total. The van der Waals surface area contributed by atoms with Gasteiger partial charge < -0.3 is 14.4 Å². The first kappa shape index (κ1) is 40.1. The van der Waals surface area contributed by atoms with Crippen molar-refractivity contribution < 1.29 is 0 Å². The fourth-order valence-electron chi connectivity index (χ4n) is 10.6. The van der Waals surface area contributed by atoms with Gasteiger partial charge in [-0.15, -0.1) is 0 Å². The Morgan fingerprint density at radius 2 is 0.725 bits per heavy atom. The second-order valence-corrected chi connectivity index (χ2v) is 17.7. The zero-order chi connectivity index (χ0) is 45.7. The number of hydrogen-bond donors (Lipinski definition) is 0. The van der Waals surface area contributed by atoms with E-state index in [1.807, 2.05) is 0 Å². The Bertz CT molecular complexity index is 3990. The van der Waals surface area contributed by atoms with Crippen LogP contribution in [0.5, 0.6) is 0 Å². The van der Waals surface area contributed by atoms with Crippen molar-refractivity contribution in [3.63, 3.8) is 0 Å². The summed E-state index contributed by atoms with van der Waals surface area (Å²) >= 11 is 0. The number of benzene rings is 12. The molecule has 12 aromatic carbocycles. The normalized spacial score (nSPS) is 11.5. The van der Waals surface area contributed by atoms with E-state index in [9.17, 15) is 0 Å². The standard InChI is InChI=1S/C66H45N3/c1-6-21-46(22-7-1)49-38-41-58-60(43-49)65(67(51-27-10-3-11-28-51)54-39-42-64-59(45-54)56-34-18-19-35-63(56)68(64)52-29-12-4-13-30-52)57-40-37-50(47-23-8-2-9-24-47)44-61(57)66(58)69(53-31-14-5-15-32-53)62-36-20-26-48-25-16-17-33-55(48)62/h1-45H. The maximum atomic E-state index is 2.51. The molecule has 0 saturated heterocycles. The molecule has 13 rings (SSSR count). The molecule has 0 spiro atoms. The van der Waals surface area contributed by atoms with Crippen LogP contribution >= 0.6 is 0 Å². The third-order valence-electron chi connectivity index (χ3n) is 13.7. The van der Waals surface area contributed by atoms with Crippen molar-refractivity contribution in [1.82, 2.24) is 4.57 Å². The molecule has 0 bridgehead atoms. The van der Waals surface area contributed by atoms with Gasteiger partial charge in [-0.2, -0.15) is 0 Å². The lowest BCUT2D eigenvalue weighted by Gasteiger charge is -2.33. The van der Waals surface area contributed by atoms with Gasteiger partial charge in [-0.05, 0) is 107 Å². The van der Waals surface area contributed by atoms with Crippen molar-refractivity contribution in [1.29, 1.82) is 0 Å². The highest BCUT2D eigenvalue weighted by molar-refractivity contribution is 6.25. The second-order valence-electron chi connectivity index (χ2n) is 17.7. The topological polar surface area (TPSA) is 11.4 Å². The van der Waals surface area contributed by atoms with Crippen LogP contribution in [0.1, 0.15) is 0 Å². The zero-order valence-corrected chi connectivity index (χ0v) is 37.8. The number of para-hydroxylation sites is 4. The lowest BCUT2D eigenvalue weighted by Crippen LogP contribution is -2.15. The van der Waals surface area contributed by atoms with E-state index in [1.165, 1.54) is 38.2 Å². The van der Waals surface area contributed by atoms with Gasteiger partial charge in [0.25, 0.3) is 0 Å². The highest BCUT2D eigenvalue weighted by Crippen LogP contribution is 2.53. The molecule has 0 aliphatic rings. The molecular weight excluding hydrogens is 835 g/mol. The lowest BCUT2D eigenvalue weighted by molar-refractivity contribution is 1.18. The van der Waals surface area contributed by atoms with Crippen LogP contribution < -0.4 is 9.80 Å². The summed E-state index contributed by atoms with van der Waals surface area (Å²) in [4.78, 5) is 5.01. The maximum Gasteiger partial charge on any atom is 0.0620 e. The first-order valence-electron chi connectivity index (χ1n) is 23.7. The van der Waals surface area contributed by atoms with Gasteiger partial charge in [0.1, 0.15) is 0 Å². The number of fused-ring (bicyclic) bond motifs is 6. The minimum atomic E-state index is 1.07. The van der Waals surface area contributed by atoms with Crippen LogP contribution in [0.25, 0.3) is 82.1 Å². The molecule has 3 heteroatoms. The fourth-order valence-corrected chi connectivity index (χ4v) is 10.6.